The average Bonchev–Trinajstić information content (AvgIpc) is 3.40. The minimum absolute atomic E-state index is 0.0413. The fourth-order valence-electron chi connectivity index (χ4n) is 3.34. The molecule has 3 N–H and O–H groups in total. The van der Waals surface area contributed by atoms with Gasteiger partial charge in [0.15, 0.2) is 15.8 Å². The molecule has 0 saturated carbocycles. The lowest BCUT2D eigenvalue weighted by Crippen LogP contribution is -2.35. The molecule has 0 aromatic carbocycles. The normalized spacial score (nSPS) is 17.0. The number of thiophene rings is 1. The monoisotopic (exact) mass is 516 g/mol. The quantitative estimate of drug-likeness (QED) is 0.484. The number of hydrogen-bond donors (Lipinski definition) is 3. The third-order valence-electron chi connectivity index (χ3n) is 5.00. The second-order valence-corrected chi connectivity index (χ2v) is 12.9. The summed E-state index contributed by atoms with van der Waals surface area (Å²) in [5.74, 6) is 0.0605. The van der Waals surface area contributed by atoms with Gasteiger partial charge in [-0.2, -0.15) is 12.7 Å². The summed E-state index contributed by atoms with van der Waals surface area (Å²) in [6, 6.07) is 3.13. The Hall–Kier alpha value is -2.35. The van der Waals surface area contributed by atoms with Crippen molar-refractivity contribution >= 4 is 42.9 Å². The number of nitrogens with zero attached hydrogens (tertiary/aromatic N) is 2. The van der Waals surface area contributed by atoms with Gasteiger partial charge >= 0.3 is 0 Å². The Kier molecular flexibility index (Phi) is 6.99. The predicted molar refractivity (Wildman–Crippen MR) is 128 cm³/mol. The zero-order valence-electron chi connectivity index (χ0n) is 19.0. The van der Waals surface area contributed by atoms with Crippen molar-refractivity contribution in [3.63, 3.8) is 0 Å². The van der Waals surface area contributed by atoms with E-state index in [1.165, 1.54) is 15.9 Å². The number of hydrogen-bond acceptors (Lipinski definition) is 9. The van der Waals surface area contributed by atoms with Gasteiger partial charge in [-0.25, -0.2) is 8.42 Å². The first-order valence-electron chi connectivity index (χ1n) is 10.2. The van der Waals surface area contributed by atoms with E-state index in [4.69, 9.17) is 4.42 Å². The van der Waals surface area contributed by atoms with Crippen molar-refractivity contribution in [2.45, 2.75) is 44.9 Å². The van der Waals surface area contributed by atoms with Crippen molar-refractivity contribution in [1.82, 2.24) is 9.62 Å². The SMILES string of the molecule is CCN(CC)S(=O)(=O)c1scc(NC2=NS(=O)(=O)C=C2N[C@@H](c2ccco2)C(C)(C)C)c1O. The molecule has 13 heteroatoms. The summed E-state index contributed by atoms with van der Waals surface area (Å²) in [6.45, 7) is 9.82. The molecule has 1 aliphatic heterocycles. The van der Waals surface area contributed by atoms with Crippen molar-refractivity contribution in [3.8, 4) is 5.75 Å². The first-order chi connectivity index (χ1) is 15.3. The fourth-order valence-corrected chi connectivity index (χ4v) is 7.10. The van der Waals surface area contributed by atoms with E-state index >= 15 is 0 Å². The zero-order valence-corrected chi connectivity index (χ0v) is 21.4. The van der Waals surface area contributed by atoms with Crippen molar-refractivity contribution in [2.24, 2.45) is 9.81 Å². The van der Waals surface area contributed by atoms with Gasteiger partial charge in [0, 0.05) is 18.5 Å². The maximum atomic E-state index is 12.8. The molecular formula is C20H28N4O6S3. The molecule has 0 radical (unpaired) electrons. The van der Waals surface area contributed by atoms with Crippen molar-refractivity contribution < 1.29 is 26.4 Å². The van der Waals surface area contributed by atoms with Crippen LogP contribution in [-0.4, -0.2) is 45.2 Å². The topological polar surface area (TPSA) is 141 Å². The lowest BCUT2D eigenvalue weighted by atomic mass is 9.85. The number of sulfonamides is 2. The summed E-state index contributed by atoms with van der Waals surface area (Å²) >= 11 is 0.841. The van der Waals surface area contributed by atoms with E-state index < -0.39 is 31.8 Å². The second-order valence-electron chi connectivity index (χ2n) is 8.44. The Morgan fingerprint density at radius 2 is 1.94 bits per heavy atom. The van der Waals surface area contributed by atoms with E-state index in [0.717, 1.165) is 16.7 Å². The second kappa shape index (κ2) is 9.12. The lowest BCUT2D eigenvalue weighted by molar-refractivity contribution is 0.254. The van der Waals surface area contributed by atoms with Gasteiger partial charge in [-0.15, -0.1) is 15.7 Å². The van der Waals surface area contributed by atoms with Crippen LogP contribution in [0.15, 0.2) is 47.9 Å². The van der Waals surface area contributed by atoms with Gasteiger partial charge in [0.25, 0.3) is 20.0 Å². The standard InChI is InChI=1S/C20H28N4O6S3/c1-6-24(7-2)33(28,29)19-16(25)13(11-31-19)22-18-14(12-32(26,27)23-18)21-17(20(3,4)5)15-9-8-10-30-15/h8-12,17,21,25H,6-7H2,1-5H3,(H,22,23)/t17-/m0/s1. The molecule has 3 heterocycles. The number of amidine groups is 1. The molecule has 2 aromatic heterocycles. The molecule has 0 amide bonds. The van der Waals surface area contributed by atoms with E-state index in [-0.39, 0.29) is 39.9 Å². The molecule has 2 aromatic rings. The number of aromatic hydroxyl groups is 1. The van der Waals surface area contributed by atoms with Crippen LogP contribution < -0.4 is 10.6 Å². The van der Waals surface area contributed by atoms with E-state index in [1.807, 2.05) is 20.8 Å². The Labute approximate surface area is 198 Å². The van der Waals surface area contributed by atoms with Gasteiger partial charge in [0.1, 0.15) is 5.76 Å². The Bertz CT molecular complexity index is 1270. The molecule has 0 saturated heterocycles. The van der Waals surface area contributed by atoms with Crippen molar-refractivity contribution in [3.05, 3.63) is 40.6 Å². The number of anilines is 1. The molecule has 0 aliphatic carbocycles. The third kappa shape index (κ3) is 5.26. The van der Waals surface area contributed by atoms with Crippen LogP contribution in [0.5, 0.6) is 5.75 Å². The summed E-state index contributed by atoms with van der Waals surface area (Å²) in [7, 11) is -7.80. The molecule has 3 rings (SSSR count). The molecule has 10 nitrogen and oxygen atoms in total. The van der Waals surface area contributed by atoms with Crippen LogP contribution in [0.2, 0.25) is 0 Å². The smallest absolute Gasteiger partial charge is 0.279 e. The highest BCUT2D eigenvalue weighted by Crippen LogP contribution is 2.40. The summed E-state index contributed by atoms with van der Waals surface area (Å²) in [5.41, 5.74) is -0.143. The van der Waals surface area contributed by atoms with Crippen LogP contribution in [0.3, 0.4) is 0 Å². The maximum absolute atomic E-state index is 12.8. The van der Waals surface area contributed by atoms with Crippen LogP contribution in [-0.2, 0) is 20.0 Å². The summed E-state index contributed by atoms with van der Waals surface area (Å²) in [5, 5.41) is 19.0. The van der Waals surface area contributed by atoms with Gasteiger partial charge in [0.2, 0.25) is 0 Å². The summed E-state index contributed by atoms with van der Waals surface area (Å²) in [4.78, 5) is 0. The molecule has 33 heavy (non-hydrogen) atoms. The Morgan fingerprint density at radius 1 is 1.27 bits per heavy atom. The summed E-state index contributed by atoms with van der Waals surface area (Å²) in [6.07, 6.45) is 1.53. The third-order valence-corrected chi connectivity index (χ3v) is 9.51. The highest BCUT2D eigenvalue weighted by Gasteiger charge is 2.34. The van der Waals surface area contributed by atoms with E-state index in [1.54, 1.807) is 26.0 Å². The largest absolute Gasteiger partial charge is 0.504 e. The highest BCUT2D eigenvalue weighted by atomic mass is 32.2. The van der Waals surface area contributed by atoms with Gasteiger partial charge in [-0.05, 0) is 17.5 Å². The maximum Gasteiger partial charge on any atom is 0.279 e. The first kappa shape index (κ1) is 25.3. The van der Waals surface area contributed by atoms with E-state index in [0.29, 0.717) is 5.76 Å². The fraction of sp³-hybridized carbons (Fsp3) is 0.450. The van der Waals surface area contributed by atoms with Gasteiger partial charge in [0.05, 0.1) is 29.1 Å². The molecule has 0 unspecified atom stereocenters. The Balaban J connectivity index is 1.93. The van der Waals surface area contributed by atoms with E-state index in [2.05, 4.69) is 15.0 Å². The molecule has 0 bridgehead atoms. The average molecular weight is 517 g/mol. The van der Waals surface area contributed by atoms with Crippen LogP contribution in [0.4, 0.5) is 5.69 Å². The number of nitrogens with one attached hydrogen (secondary N) is 2. The van der Waals surface area contributed by atoms with Crippen molar-refractivity contribution in [1.29, 1.82) is 0 Å². The van der Waals surface area contributed by atoms with Crippen LogP contribution in [0, 0.1) is 5.41 Å². The minimum atomic E-state index is -3.91. The molecular weight excluding hydrogens is 488 g/mol. The van der Waals surface area contributed by atoms with Crippen LogP contribution in [0.1, 0.15) is 46.4 Å². The van der Waals surface area contributed by atoms with Crippen LogP contribution >= 0.6 is 11.3 Å². The zero-order chi connectivity index (χ0) is 24.6. The Morgan fingerprint density at radius 3 is 2.48 bits per heavy atom. The van der Waals surface area contributed by atoms with Gasteiger partial charge < -0.3 is 20.2 Å². The number of furan rings is 1. The van der Waals surface area contributed by atoms with Crippen molar-refractivity contribution in [2.75, 3.05) is 18.4 Å². The van der Waals surface area contributed by atoms with E-state index in [9.17, 15) is 21.9 Å². The van der Waals surface area contributed by atoms with Gasteiger partial charge in [-0.3, -0.25) is 0 Å². The first-order valence-corrected chi connectivity index (χ1v) is 14.1. The molecule has 1 aliphatic rings. The number of rotatable bonds is 8. The molecule has 182 valence electrons. The predicted octanol–water partition coefficient (Wildman–Crippen LogP) is 3.45. The highest BCUT2D eigenvalue weighted by molar-refractivity contribution is 7.93. The molecule has 0 spiro atoms. The minimum Gasteiger partial charge on any atom is -0.504 e. The van der Waals surface area contributed by atoms with Crippen LogP contribution in [0.25, 0.3) is 0 Å². The van der Waals surface area contributed by atoms with Gasteiger partial charge in [-0.1, -0.05) is 34.6 Å². The molecule has 1 atom stereocenters. The lowest BCUT2D eigenvalue weighted by Gasteiger charge is -2.31. The summed E-state index contributed by atoms with van der Waals surface area (Å²) < 4.78 is 60.4. The molecule has 0 fully saturated rings.